The molecule has 1 aromatic rings. The summed E-state index contributed by atoms with van der Waals surface area (Å²) >= 11 is 0. The second kappa shape index (κ2) is 4.17. The molecule has 3 heteroatoms. The molecule has 0 atom stereocenters. The number of amides is 1. The van der Waals surface area contributed by atoms with Crippen LogP contribution in [-0.2, 0) is 4.79 Å². The summed E-state index contributed by atoms with van der Waals surface area (Å²) in [6.45, 7) is 8.09. The highest BCUT2D eigenvalue weighted by Crippen LogP contribution is 2.31. The van der Waals surface area contributed by atoms with Gasteiger partial charge >= 0.3 is 0 Å². The first kappa shape index (κ1) is 11.6. The lowest BCUT2D eigenvalue weighted by Gasteiger charge is -2.14. The zero-order valence-electron chi connectivity index (χ0n) is 10.1. The third-order valence-electron chi connectivity index (χ3n) is 2.97. The molecule has 0 bridgehead atoms. The van der Waals surface area contributed by atoms with Gasteiger partial charge in [0.05, 0.1) is 11.3 Å². The van der Waals surface area contributed by atoms with Crippen molar-refractivity contribution in [3.63, 3.8) is 0 Å². The Kier molecular flexibility index (Phi) is 2.84. The van der Waals surface area contributed by atoms with E-state index in [1.807, 2.05) is 18.2 Å². The minimum atomic E-state index is -0.458. The van der Waals surface area contributed by atoms with Crippen LogP contribution < -0.4 is 4.90 Å². The Morgan fingerprint density at radius 2 is 2.06 bits per heavy atom. The van der Waals surface area contributed by atoms with Crippen molar-refractivity contribution in [1.29, 1.82) is 0 Å². The third kappa shape index (κ3) is 1.78. The molecule has 0 unspecified atom stereocenters. The minimum Gasteiger partial charge on any atom is -0.301 e. The van der Waals surface area contributed by atoms with Crippen molar-refractivity contribution in [3.8, 4) is 0 Å². The highest BCUT2D eigenvalue weighted by Gasteiger charge is 2.35. The third-order valence-corrected chi connectivity index (χ3v) is 2.97. The van der Waals surface area contributed by atoms with E-state index in [-0.39, 0.29) is 0 Å². The van der Waals surface area contributed by atoms with Crippen molar-refractivity contribution in [2.24, 2.45) is 0 Å². The Labute approximate surface area is 101 Å². The fourth-order valence-electron chi connectivity index (χ4n) is 1.99. The minimum absolute atomic E-state index is 0.344. The van der Waals surface area contributed by atoms with Crippen LogP contribution in [0.2, 0.25) is 0 Å². The summed E-state index contributed by atoms with van der Waals surface area (Å²) in [7, 11) is 0. The molecule has 1 aliphatic rings. The topological polar surface area (TPSA) is 37.4 Å². The highest BCUT2D eigenvalue weighted by molar-refractivity contribution is 6.52. The summed E-state index contributed by atoms with van der Waals surface area (Å²) in [6.07, 6.45) is 1.62. The van der Waals surface area contributed by atoms with Gasteiger partial charge in [0.1, 0.15) is 0 Å². The second-order valence-electron chi connectivity index (χ2n) is 4.46. The summed E-state index contributed by atoms with van der Waals surface area (Å²) in [5.41, 5.74) is 2.29. The lowest BCUT2D eigenvalue weighted by Crippen LogP contribution is -2.29. The maximum Gasteiger partial charge on any atom is 0.299 e. The van der Waals surface area contributed by atoms with Crippen LogP contribution in [0.15, 0.2) is 30.9 Å². The Balaban J connectivity index is 2.50. The molecule has 88 valence electrons. The van der Waals surface area contributed by atoms with Crippen LogP contribution >= 0.6 is 0 Å². The maximum absolute atomic E-state index is 11.8. The van der Waals surface area contributed by atoms with Crippen LogP contribution in [0.5, 0.6) is 0 Å². The number of fused-ring (bicyclic) bond motifs is 1. The average molecular weight is 229 g/mol. The molecule has 17 heavy (non-hydrogen) atoms. The molecule has 0 spiro atoms. The normalized spacial score (nSPS) is 14.4. The van der Waals surface area contributed by atoms with Gasteiger partial charge in [-0.1, -0.05) is 26.0 Å². The number of nitrogens with zero attached hydrogens (tertiary/aromatic N) is 1. The Bertz CT molecular complexity index is 503. The molecule has 1 aliphatic heterocycles. The molecule has 0 radical (unpaired) electrons. The number of hydrogen-bond acceptors (Lipinski definition) is 2. The standard InChI is InChI=1S/C14H15NO2/c1-4-7-15-12-6-5-10(9(2)3)8-11(12)13(16)14(15)17/h4-6,8-9H,1,7H2,2-3H3. The highest BCUT2D eigenvalue weighted by atomic mass is 16.2. The number of benzene rings is 1. The molecule has 1 heterocycles. The fourth-order valence-corrected chi connectivity index (χ4v) is 1.99. The SMILES string of the molecule is C=CCN1C(=O)C(=O)c2cc(C(C)C)ccc21. The molecular formula is C14H15NO2. The largest absolute Gasteiger partial charge is 0.301 e. The van der Waals surface area contributed by atoms with E-state index < -0.39 is 11.7 Å². The fraction of sp³-hybridized carbons (Fsp3) is 0.286. The molecule has 0 aliphatic carbocycles. The van der Waals surface area contributed by atoms with E-state index >= 15 is 0 Å². The lowest BCUT2D eigenvalue weighted by atomic mass is 9.99. The Morgan fingerprint density at radius 3 is 2.65 bits per heavy atom. The van der Waals surface area contributed by atoms with Crippen molar-refractivity contribution in [1.82, 2.24) is 0 Å². The van der Waals surface area contributed by atoms with Crippen LogP contribution in [-0.4, -0.2) is 18.2 Å². The Morgan fingerprint density at radius 1 is 1.35 bits per heavy atom. The van der Waals surface area contributed by atoms with Crippen molar-refractivity contribution in [3.05, 3.63) is 42.0 Å². The number of Topliss-reactive ketones (excluding diaryl/α,β-unsaturated/α-hetero) is 1. The molecule has 0 fully saturated rings. The van der Waals surface area contributed by atoms with Crippen LogP contribution in [0, 0.1) is 0 Å². The molecule has 0 N–H and O–H groups in total. The number of ketones is 1. The smallest absolute Gasteiger partial charge is 0.299 e. The van der Waals surface area contributed by atoms with Gasteiger partial charge in [-0.05, 0) is 23.6 Å². The summed E-state index contributed by atoms with van der Waals surface area (Å²) in [5, 5.41) is 0. The quantitative estimate of drug-likeness (QED) is 0.590. The van der Waals surface area contributed by atoms with Crippen LogP contribution in [0.4, 0.5) is 5.69 Å². The van der Waals surface area contributed by atoms with Gasteiger partial charge in [0.15, 0.2) is 0 Å². The summed E-state index contributed by atoms with van der Waals surface area (Å²) in [5.74, 6) is -0.526. The number of rotatable bonds is 3. The number of carbonyl (C=O) groups excluding carboxylic acids is 2. The van der Waals surface area contributed by atoms with Gasteiger partial charge in [0.2, 0.25) is 0 Å². The van der Waals surface area contributed by atoms with E-state index in [1.165, 1.54) is 4.90 Å². The molecular weight excluding hydrogens is 214 g/mol. The van der Waals surface area contributed by atoms with Crippen molar-refractivity contribution in [2.45, 2.75) is 19.8 Å². The predicted octanol–water partition coefficient (Wildman–Crippen LogP) is 2.53. The zero-order chi connectivity index (χ0) is 12.6. The zero-order valence-corrected chi connectivity index (χ0v) is 10.1. The number of hydrogen-bond donors (Lipinski definition) is 0. The molecule has 0 aromatic heterocycles. The molecule has 1 amide bonds. The molecule has 0 saturated carbocycles. The molecule has 3 nitrogen and oxygen atoms in total. The first-order chi connectivity index (χ1) is 8.06. The van der Waals surface area contributed by atoms with Crippen LogP contribution in [0.3, 0.4) is 0 Å². The lowest BCUT2D eigenvalue weighted by molar-refractivity contribution is -0.114. The molecule has 0 saturated heterocycles. The Hall–Kier alpha value is -1.90. The van der Waals surface area contributed by atoms with E-state index in [9.17, 15) is 9.59 Å². The summed E-state index contributed by atoms with van der Waals surface area (Å²) in [6, 6.07) is 5.63. The monoisotopic (exact) mass is 229 g/mol. The molecule has 1 aromatic carbocycles. The first-order valence-electron chi connectivity index (χ1n) is 5.67. The second-order valence-corrected chi connectivity index (χ2v) is 4.46. The van der Waals surface area contributed by atoms with Crippen molar-refractivity contribution in [2.75, 3.05) is 11.4 Å². The van der Waals surface area contributed by atoms with E-state index in [2.05, 4.69) is 20.4 Å². The van der Waals surface area contributed by atoms with Crippen LogP contribution in [0.1, 0.15) is 35.7 Å². The number of anilines is 1. The van der Waals surface area contributed by atoms with E-state index in [0.717, 1.165) is 5.56 Å². The van der Waals surface area contributed by atoms with Crippen molar-refractivity contribution >= 4 is 17.4 Å². The van der Waals surface area contributed by atoms with Gasteiger partial charge in [-0.3, -0.25) is 9.59 Å². The van der Waals surface area contributed by atoms with Gasteiger partial charge in [-0.15, -0.1) is 6.58 Å². The maximum atomic E-state index is 11.8. The van der Waals surface area contributed by atoms with Crippen LogP contribution in [0.25, 0.3) is 0 Å². The van der Waals surface area contributed by atoms with Gasteiger partial charge in [-0.25, -0.2) is 0 Å². The predicted molar refractivity (Wildman–Crippen MR) is 67.4 cm³/mol. The summed E-state index contributed by atoms with van der Waals surface area (Å²) < 4.78 is 0. The molecule has 2 rings (SSSR count). The summed E-state index contributed by atoms with van der Waals surface area (Å²) in [4.78, 5) is 25.1. The average Bonchev–Trinajstić information content (AvgIpc) is 2.54. The first-order valence-corrected chi connectivity index (χ1v) is 5.67. The van der Waals surface area contributed by atoms with E-state index in [4.69, 9.17) is 0 Å². The van der Waals surface area contributed by atoms with Gasteiger partial charge in [0, 0.05) is 6.54 Å². The van der Waals surface area contributed by atoms with Gasteiger partial charge in [-0.2, -0.15) is 0 Å². The van der Waals surface area contributed by atoms with E-state index in [1.54, 1.807) is 6.08 Å². The van der Waals surface area contributed by atoms with Crippen molar-refractivity contribution < 1.29 is 9.59 Å². The van der Waals surface area contributed by atoms with Gasteiger partial charge < -0.3 is 4.90 Å². The number of carbonyl (C=O) groups is 2. The van der Waals surface area contributed by atoms with E-state index in [0.29, 0.717) is 23.7 Å². The van der Waals surface area contributed by atoms with Gasteiger partial charge in [0.25, 0.3) is 11.7 Å².